The van der Waals surface area contributed by atoms with Crippen LogP contribution in [0.4, 0.5) is 0 Å². The van der Waals surface area contributed by atoms with Crippen molar-refractivity contribution in [3.8, 4) is 11.4 Å². The Labute approximate surface area is 132 Å². The molecule has 0 saturated heterocycles. The number of methoxy groups -OCH3 is 1. The van der Waals surface area contributed by atoms with Crippen LogP contribution in [0.15, 0.2) is 46.9 Å². The Hall–Kier alpha value is -1.98. The van der Waals surface area contributed by atoms with Crippen LogP contribution < -0.4 is 4.74 Å². The molecule has 0 aliphatic heterocycles. The molecule has 0 aliphatic rings. The van der Waals surface area contributed by atoms with Crippen LogP contribution in [0.1, 0.15) is 5.56 Å². The first-order valence-corrected chi connectivity index (χ1v) is 7.23. The number of nitrogens with zero attached hydrogens (tertiary/aromatic N) is 1. The molecule has 3 rings (SSSR count). The second kappa shape index (κ2) is 5.42. The van der Waals surface area contributed by atoms with Crippen molar-refractivity contribution in [2.24, 2.45) is 0 Å². The fourth-order valence-electron chi connectivity index (χ4n) is 2.15. The highest BCUT2D eigenvalue weighted by Crippen LogP contribution is 2.24. The molecule has 21 heavy (non-hydrogen) atoms. The van der Waals surface area contributed by atoms with E-state index in [1.807, 2.05) is 49.4 Å². The van der Waals surface area contributed by atoms with Gasteiger partial charge >= 0.3 is 0 Å². The van der Waals surface area contributed by atoms with E-state index in [4.69, 9.17) is 33.6 Å². The topological polar surface area (TPSA) is 27.3 Å². The van der Waals surface area contributed by atoms with Crippen molar-refractivity contribution >= 4 is 35.4 Å². The summed E-state index contributed by atoms with van der Waals surface area (Å²) in [4.78, 5) is 0.335. The van der Waals surface area contributed by atoms with Gasteiger partial charge in [-0.15, -0.1) is 0 Å². The minimum absolute atomic E-state index is 0.335. The quantitative estimate of drug-likeness (QED) is 0.622. The van der Waals surface area contributed by atoms with Gasteiger partial charge in [-0.1, -0.05) is 29.9 Å². The third-order valence-corrected chi connectivity index (χ3v) is 3.96. The molecule has 0 spiro atoms. The zero-order valence-electron chi connectivity index (χ0n) is 11.6. The Morgan fingerprint density at radius 3 is 2.43 bits per heavy atom. The second-order valence-corrected chi connectivity index (χ2v) is 5.44. The third-order valence-electron chi connectivity index (χ3n) is 3.29. The molecule has 2 aromatic carbocycles. The predicted molar refractivity (Wildman–Crippen MR) is 88.5 cm³/mol. The SMILES string of the molecule is COc1ccc2oc(=S)n(-c3ccc(C)cc3)c(=S)c2c1. The lowest BCUT2D eigenvalue weighted by atomic mass is 10.2. The van der Waals surface area contributed by atoms with Crippen LogP contribution in [0.3, 0.4) is 0 Å². The largest absolute Gasteiger partial charge is 0.497 e. The fourth-order valence-corrected chi connectivity index (χ4v) is 2.84. The van der Waals surface area contributed by atoms with Gasteiger partial charge in [-0.05, 0) is 49.5 Å². The molecule has 0 unspecified atom stereocenters. The highest BCUT2D eigenvalue weighted by atomic mass is 32.1. The molecule has 1 heterocycles. The van der Waals surface area contributed by atoms with Gasteiger partial charge in [-0.25, -0.2) is 0 Å². The van der Waals surface area contributed by atoms with Crippen molar-refractivity contribution in [1.82, 2.24) is 4.57 Å². The maximum Gasteiger partial charge on any atom is 0.274 e. The zero-order chi connectivity index (χ0) is 15.0. The fraction of sp³-hybridized carbons (Fsp3) is 0.125. The number of benzene rings is 2. The Morgan fingerprint density at radius 2 is 1.76 bits per heavy atom. The highest BCUT2D eigenvalue weighted by molar-refractivity contribution is 7.72. The van der Waals surface area contributed by atoms with Crippen LogP contribution >= 0.6 is 24.4 Å². The summed E-state index contributed by atoms with van der Waals surface area (Å²) in [6.07, 6.45) is 0. The predicted octanol–water partition coefficient (Wildman–Crippen LogP) is 5.00. The maximum absolute atomic E-state index is 5.71. The summed E-state index contributed by atoms with van der Waals surface area (Å²) in [6.45, 7) is 2.04. The number of aromatic nitrogens is 1. The van der Waals surface area contributed by atoms with Crippen LogP contribution in [0.2, 0.25) is 0 Å². The molecular weight excluding hydrogens is 302 g/mol. The molecule has 0 N–H and O–H groups in total. The summed E-state index contributed by atoms with van der Waals surface area (Å²) >= 11 is 10.9. The lowest BCUT2D eigenvalue weighted by Crippen LogP contribution is -1.99. The van der Waals surface area contributed by atoms with Gasteiger partial charge in [0, 0.05) is 0 Å². The Morgan fingerprint density at radius 1 is 1.05 bits per heavy atom. The van der Waals surface area contributed by atoms with E-state index in [-0.39, 0.29) is 0 Å². The van der Waals surface area contributed by atoms with Gasteiger partial charge < -0.3 is 9.15 Å². The van der Waals surface area contributed by atoms with E-state index < -0.39 is 0 Å². The summed E-state index contributed by atoms with van der Waals surface area (Å²) in [5.74, 6) is 0.733. The molecule has 0 saturated carbocycles. The Bertz CT molecular complexity index is 924. The summed E-state index contributed by atoms with van der Waals surface area (Å²) in [5.41, 5.74) is 2.73. The molecule has 0 atom stereocenters. The lowest BCUT2D eigenvalue weighted by molar-refractivity contribution is 0.415. The summed E-state index contributed by atoms with van der Waals surface area (Å²) in [6, 6.07) is 13.5. The first kappa shape index (κ1) is 14.0. The van der Waals surface area contributed by atoms with Crippen LogP contribution in [0, 0.1) is 16.4 Å². The molecule has 106 valence electrons. The standard InChI is InChI=1S/C16H13NO2S2/c1-10-3-5-11(6-4-10)17-15(20)13-9-12(18-2)7-8-14(13)19-16(17)21/h3-9H,1-2H3. The van der Waals surface area contributed by atoms with E-state index in [1.54, 1.807) is 11.7 Å². The molecule has 3 nitrogen and oxygen atoms in total. The van der Waals surface area contributed by atoms with Crippen molar-refractivity contribution in [2.45, 2.75) is 6.92 Å². The molecule has 0 fully saturated rings. The minimum atomic E-state index is 0.335. The number of aryl methyl sites for hydroxylation is 1. The smallest absolute Gasteiger partial charge is 0.274 e. The van der Waals surface area contributed by atoms with Gasteiger partial charge in [0.25, 0.3) is 4.84 Å². The second-order valence-electron chi connectivity index (χ2n) is 4.71. The van der Waals surface area contributed by atoms with Gasteiger partial charge in [0.15, 0.2) is 0 Å². The van der Waals surface area contributed by atoms with Crippen molar-refractivity contribution in [2.75, 3.05) is 7.11 Å². The normalized spacial score (nSPS) is 10.8. The Balaban J connectivity index is 2.35. The zero-order valence-corrected chi connectivity index (χ0v) is 13.3. The molecule has 3 aromatic rings. The maximum atomic E-state index is 5.71. The first-order valence-electron chi connectivity index (χ1n) is 6.41. The van der Waals surface area contributed by atoms with E-state index >= 15 is 0 Å². The highest BCUT2D eigenvalue weighted by Gasteiger charge is 2.08. The lowest BCUT2D eigenvalue weighted by Gasteiger charge is -2.09. The monoisotopic (exact) mass is 315 g/mol. The average molecular weight is 315 g/mol. The number of rotatable bonds is 2. The van der Waals surface area contributed by atoms with Crippen molar-refractivity contribution < 1.29 is 9.15 Å². The minimum Gasteiger partial charge on any atom is -0.497 e. The molecule has 0 aliphatic carbocycles. The summed E-state index contributed by atoms with van der Waals surface area (Å²) in [5, 5.41) is 0.804. The van der Waals surface area contributed by atoms with Crippen LogP contribution in [0.5, 0.6) is 5.75 Å². The number of ether oxygens (including phenoxy) is 1. The van der Waals surface area contributed by atoms with Gasteiger partial charge in [-0.2, -0.15) is 0 Å². The van der Waals surface area contributed by atoms with Crippen LogP contribution in [-0.4, -0.2) is 11.7 Å². The van der Waals surface area contributed by atoms with E-state index in [9.17, 15) is 0 Å². The number of hydrogen-bond donors (Lipinski definition) is 0. The summed E-state index contributed by atoms with van der Waals surface area (Å²) < 4.78 is 13.3. The number of hydrogen-bond acceptors (Lipinski definition) is 4. The molecule has 1 aromatic heterocycles. The van der Waals surface area contributed by atoms with Crippen LogP contribution in [0.25, 0.3) is 16.7 Å². The van der Waals surface area contributed by atoms with E-state index in [0.717, 1.165) is 16.8 Å². The third kappa shape index (κ3) is 2.50. The van der Waals surface area contributed by atoms with Gasteiger partial charge in [0.1, 0.15) is 16.0 Å². The molecule has 5 heteroatoms. The van der Waals surface area contributed by atoms with Crippen molar-refractivity contribution in [1.29, 1.82) is 0 Å². The van der Waals surface area contributed by atoms with Gasteiger partial charge in [0.2, 0.25) is 0 Å². The molecule has 0 amide bonds. The first-order chi connectivity index (χ1) is 10.1. The van der Waals surface area contributed by atoms with Crippen LogP contribution in [-0.2, 0) is 0 Å². The van der Waals surface area contributed by atoms with Gasteiger partial charge in [-0.3, -0.25) is 4.57 Å². The average Bonchev–Trinajstić information content (AvgIpc) is 2.49. The molecule has 0 radical (unpaired) electrons. The molecular formula is C16H13NO2S2. The van der Waals surface area contributed by atoms with Gasteiger partial charge in [0.05, 0.1) is 18.2 Å². The van der Waals surface area contributed by atoms with Crippen molar-refractivity contribution in [3.63, 3.8) is 0 Å². The molecule has 0 bridgehead atoms. The number of fused-ring (bicyclic) bond motifs is 1. The van der Waals surface area contributed by atoms with E-state index in [1.165, 1.54) is 5.56 Å². The van der Waals surface area contributed by atoms with E-state index in [0.29, 0.717) is 15.1 Å². The van der Waals surface area contributed by atoms with Crippen molar-refractivity contribution in [3.05, 3.63) is 57.5 Å². The van der Waals surface area contributed by atoms with E-state index in [2.05, 4.69) is 0 Å². The summed E-state index contributed by atoms with van der Waals surface area (Å²) in [7, 11) is 1.62. The Kier molecular flexibility index (Phi) is 3.61.